The highest BCUT2D eigenvalue weighted by molar-refractivity contribution is 5.59. The topological polar surface area (TPSA) is 64.3 Å². The molecule has 0 fully saturated rings. The molecule has 1 atom stereocenters. The molecule has 2 heterocycles. The number of hydrogen-bond donors (Lipinski definition) is 0. The maximum Gasteiger partial charge on any atom is 0.258 e. The summed E-state index contributed by atoms with van der Waals surface area (Å²) in [5.74, 6) is 2.80. The fourth-order valence-electron chi connectivity index (χ4n) is 2.46. The molecule has 1 aromatic carbocycles. The first kappa shape index (κ1) is 16.0. The summed E-state index contributed by atoms with van der Waals surface area (Å²) in [7, 11) is 3.68. The van der Waals surface area contributed by atoms with Gasteiger partial charge in [0.15, 0.2) is 5.82 Å². The molecular weight excluding hydrogens is 304 g/mol. The van der Waals surface area contributed by atoms with Crippen molar-refractivity contribution in [2.75, 3.05) is 19.1 Å². The molecule has 0 spiro atoms. The highest BCUT2D eigenvalue weighted by atomic mass is 16.5. The molecule has 0 saturated heterocycles. The summed E-state index contributed by atoms with van der Waals surface area (Å²) in [6.07, 6.45) is 1.75. The van der Waals surface area contributed by atoms with Crippen LogP contribution in [0.3, 0.4) is 0 Å². The third kappa shape index (κ3) is 3.22. The quantitative estimate of drug-likeness (QED) is 0.714. The fraction of sp³-hybridized carbons (Fsp3) is 0.278. The van der Waals surface area contributed by atoms with Gasteiger partial charge in [0, 0.05) is 18.8 Å². The van der Waals surface area contributed by atoms with Crippen molar-refractivity contribution in [3.8, 4) is 17.2 Å². The SMILES string of the molecule is COc1ccc(C(C)N(C)c2cc(-c3nc(C)no3)ccn2)cc1. The van der Waals surface area contributed by atoms with Crippen molar-refractivity contribution in [3.05, 3.63) is 54.0 Å². The number of pyridine rings is 1. The van der Waals surface area contributed by atoms with Gasteiger partial charge in [0.1, 0.15) is 11.6 Å². The van der Waals surface area contributed by atoms with Gasteiger partial charge in [-0.3, -0.25) is 0 Å². The molecule has 0 amide bonds. The van der Waals surface area contributed by atoms with Crippen LogP contribution < -0.4 is 9.64 Å². The maximum atomic E-state index is 5.23. The smallest absolute Gasteiger partial charge is 0.258 e. The van der Waals surface area contributed by atoms with Gasteiger partial charge in [-0.1, -0.05) is 17.3 Å². The van der Waals surface area contributed by atoms with Crippen LogP contribution in [0, 0.1) is 6.92 Å². The predicted molar refractivity (Wildman–Crippen MR) is 92.1 cm³/mol. The van der Waals surface area contributed by atoms with Crippen molar-refractivity contribution in [1.29, 1.82) is 0 Å². The summed E-state index contributed by atoms with van der Waals surface area (Å²) in [6, 6.07) is 12.0. The van der Waals surface area contributed by atoms with Crippen molar-refractivity contribution < 1.29 is 9.26 Å². The Morgan fingerprint density at radius 3 is 2.54 bits per heavy atom. The maximum absolute atomic E-state index is 5.23. The Hall–Kier alpha value is -2.89. The molecule has 3 aromatic rings. The zero-order valence-corrected chi connectivity index (χ0v) is 14.2. The summed E-state index contributed by atoms with van der Waals surface area (Å²) in [4.78, 5) is 10.8. The Kier molecular flexibility index (Phi) is 4.46. The second kappa shape index (κ2) is 6.70. The lowest BCUT2D eigenvalue weighted by molar-refractivity contribution is 0.414. The van der Waals surface area contributed by atoms with Crippen molar-refractivity contribution in [2.45, 2.75) is 19.9 Å². The number of aromatic nitrogens is 3. The van der Waals surface area contributed by atoms with Gasteiger partial charge in [0.25, 0.3) is 5.89 Å². The minimum Gasteiger partial charge on any atom is -0.497 e. The molecule has 124 valence electrons. The average molecular weight is 324 g/mol. The van der Waals surface area contributed by atoms with Crippen LogP contribution in [-0.2, 0) is 0 Å². The van der Waals surface area contributed by atoms with Gasteiger partial charge in [-0.25, -0.2) is 4.98 Å². The molecule has 0 aliphatic carbocycles. The van der Waals surface area contributed by atoms with E-state index in [1.165, 1.54) is 5.56 Å². The number of methoxy groups -OCH3 is 1. The van der Waals surface area contributed by atoms with E-state index in [1.54, 1.807) is 20.2 Å². The van der Waals surface area contributed by atoms with E-state index in [0.717, 1.165) is 17.1 Å². The molecule has 0 N–H and O–H groups in total. The van der Waals surface area contributed by atoms with E-state index < -0.39 is 0 Å². The summed E-state index contributed by atoms with van der Waals surface area (Å²) in [5.41, 5.74) is 2.04. The van der Waals surface area contributed by atoms with E-state index in [0.29, 0.717) is 11.7 Å². The highest BCUT2D eigenvalue weighted by Gasteiger charge is 2.15. The monoisotopic (exact) mass is 324 g/mol. The van der Waals surface area contributed by atoms with E-state index >= 15 is 0 Å². The number of nitrogens with zero attached hydrogens (tertiary/aromatic N) is 4. The third-order valence-electron chi connectivity index (χ3n) is 4.06. The Morgan fingerprint density at radius 2 is 1.92 bits per heavy atom. The van der Waals surface area contributed by atoms with Gasteiger partial charge in [0.2, 0.25) is 0 Å². The Morgan fingerprint density at radius 1 is 1.17 bits per heavy atom. The van der Waals surface area contributed by atoms with Gasteiger partial charge in [-0.05, 0) is 43.7 Å². The molecule has 0 radical (unpaired) electrons. The zero-order chi connectivity index (χ0) is 17.1. The molecule has 6 nitrogen and oxygen atoms in total. The minimum absolute atomic E-state index is 0.156. The lowest BCUT2D eigenvalue weighted by Gasteiger charge is -2.26. The molecular formula is C18H20N4O2. The largest absolute Gasteiger partial charge is 0.497 e. The number of aryl methyl sites for hydroxylation is 1. The van der Waals surface area contributed by atoms with Crippen LogP contribution >= 0.6 is 0 Å². The first-order valence-electron chi connectivity index (χ1n) is 7.72. The molecule has 0 aliphatic heterocycles. The second-order valence-electron chi connectivity index (χ2n) is 5.61. The molecule has 0 bridgehead atoms. The van der Waals surface area contributed by atoms with Crippen LogP contribution in [0.2, 0.25) is 0 Å². The highest BCUT2D eigenvalue weighted by Crippen LogP contribution is 2.27. The van der Waals surface area contributed by atoms with Crippen LogP contribution in [0.1, 0.15) is 24.4 Å². The summed E-state index contributed by atoms with van der Waals surface area (Å²) in [5, 5.41) is 3.83. The molecule has 1 unspecified atom stereocenters. The Labute approximate surface area is 141 Å². The molecule has 6 heteroatoms. The van der Waals surface area contributed by atoms with Crippen molar-refractivity contribution in [3.63, 3.8) is 0 Å². The Bertz CT molecular complexity index is 814. The van der Waals surface area contributed by atoms with Gasteiger partial charge in [-0.2, -0.15) is 4.98 Å². The number of anilines is 1. The summed E-state index contributed by atoms with van der Waals surface area (Å²) in [6.45, 7) is 3.93. The van der Waals surface area contributed by atoms with Crippen molar-refractivity contribution in [2.24, 2.45) is 0 Å². The molecule has 0 aliphatic rings. The number of hydrogen-bond acceptors (Lipinski definition) is 6. The lowest BCUT2D eigenvalue weighted by atomic mass is 10.1. The minimum atomic E-state index is 0.156. The van der Waals surface area contributed by atoms with Gasteiger partial charge < -0.3 is 14.2 Å². The third-order valence-corrected chi connectivity index (χ3v) is 4.06. The van der Waals surface area contributed by atoms with E-state index in [1.807, 2.05) is 31.3 Å². The van der Waals surface area contributed by atoms with Crippen LogP contribution in [0.4, 0.5) is 5.82 Å². The van der Waals surface area contributed by atoms with Gasteiger partial charge >= 0.3 is 0 Å². The fourth-order valence-corrected chi connectivity index (χ4v) is 2.46. The van der Waals surface area contributed by atoms with Crippen LogP contribution in [0.5, 0.6) is 5.75 Å². The first-order chi connectivity index (χ1) is 11.6. The standard InChI is InChI=1S/C18H20N4O2/c1-12(14-5-7-16(23-4)8-6-14)22(3)17-11-15(9-10-19-17)18-20-13(2)21-24-18/h5-12H,1-4H3. The van der Waals surface area contributed by atoms with E-state index in [4.69, 9.17) is 9.26 Å². The first-order valence-corrected chi connectivity index (χ1v) is 7.72. The number of ether oxygens (including phenoxy) is 1. The van der Waals surface area contributed by atoms with E-state index in [9.17, 15) is 0 Å². The van der Waals surface area contributed by atoms with Gasteiger partial charge in [0.05, 0.1) is 13.2 Å². The molecule has 0 saturated carbocycles. The van der Waals surface area contributed by atoms with Crippen molar-refractivity contribution in [1.82, 2.24) is 15.1 Å². The van der Waals surface area contributed by atoms with Crippen LogP contribution in [-0.4, -0.2) is 29.3 Å². The number of benzene rings is 1. The lowest BCUT2D eigenvalue weighted by Crippen LogP contribution is -2.22. The van der Waals surface area contributed by atoms with Crippen molar-refractivity contribution >= 4 is 5.82 Å². The van der Waals surface area contributed by atoms with Crippen LogP contribution in [0.25, 0.3) is 11.5 Å². The predicted octanol–water partition coefficient (Wildman–Crippen LogP) is 3.65. The average Bonchev–Trinajstić information content (AvgIpc) is 3.07. The molecule has 2 aromatic heterocycles. The van der Waals surface area contributed by atoms with Gasteiger partial charge in [-0.15, -0.1) is 0 Å². The second-order valence-corrected chi connectivity index (χ2v) is 5.61. The Balaban J connectivity index is 1.84. The summed E-state index contributed by atoms with van der Waals surface area (Å²) >= 11 is 0. The zero-order valence-electron chi connectivity index (χ0n) is 14.2. The molecule has 3 rings (SSSR count). The van der Waals surface area contributed by atoms with E-state index in [2.05, 4.69) is 39.1 Å². The molecule has 24 heavy (non-hydrogen) atoms. The number of rotatable bonds is 5. The van der Waals surface area contributed by atoms with E-state index in [-0.39, 0.29) is 6.04 Å². The van der Waals surface area contributed by atoms with Crippen LogP contribution in [0.15, 0.2) is 47.1 Å². The normalized spacial score (nSPS) is 12.0. The summed E-state index contributed by atoms with van der Waals surface area (Å²) < 4.78 is 10.4.